The largest absolute Gasteiger partial charge is 0.497 e. The van der Waals surface area contributed by atoms with Crippen molar-refractivity contribution < 1.29 is 9.47 Å². The average molecular weight is 232 g/mol. The van der Waals surface area contributed by atoms with Crippen molar-refractivity contribution >= 4 is 6.08 Å². The van der Waals surface area contributed by atoms with Gasteiger partial charge in [-0.1, -0.05) is 30.4 Å². The van der Waals surface area contributed by atoms with E-state index in [0.717, 1.165) is 25.2 Å². The molecule has 0 aromatic heterocycles. The summed E-state index contributed by atoms with van der Waals surface area (Å²) < 4.78 is 10.4. The van der Waals surface area contributed by atoms with Gasteiger partial charge in [-0.05, 0) is 30.5 Å². The van der Waals surface area contributed by atoms with Crippen molar-refractivity contribution in [1.29, 1.82) is 0 Å². The van der Waals surface area contributed by atoms with Gasteiger partial charge in [-0.25, -0.2) is 0 Å². The van der Waals surface area contributed by atoms with Crippen molar-refractivity contribution in [2.45, 2.75) is 12.8 Å². The molecule has 0 radical (unpaired) electrons. The first-order valence-electron chi connectivity index (χ1n) is 5.86. The first-order valence-corrected chi connectivity index (χ1v) is 5.86. The Morgan fingerprint density at radius 2 is 2.00 bits per heavy atom. The van der Waals surface area contributed by atoms with Gasteiger partial charge < -0.3 is 9.47 Å². The molecule has 0 amide bonds. The van der Waals surface area contributed by atoms with E-state index in [4.69, 9.17) is 9.47 Å². The summed E-state index contributed by atoms with van der Waals surface area (Å²) in [5, 5.41) is 0. The minimum Gasteiger partial charge on any atom is -0.497 e. The molecule has 2 nitrogen and oxygen atoms in total. The predicted octanol–water partition coefficient (Wildman–Crippen LogP) is 3.69. The number of methoxy groups -OCH3 is 1. The quantitative estimate of drug-likeness (QED) is 0.502. The van der Waals surface area contributed by atoms with Crippen molar-refractivity contribution in [3.05, 3.63) is 48.6 Å². The van der Waals surface area contributed by atoms with Gasteiger partial charge in [0.1, 0.15) is 5.75 Å². The van der Waals surface area contributed by atoms with E-state index in [-0.39, 0.29) is 0 Å². The lowest BCUT2D eigenvalue weighted by atomic mass is 10.2. The smallest absolute Gasteiger partial charge is 0.118 e. The summed E-state index contributed by atoms with van der Waals surface area (Å²) in [6.45, 7) is 5.03. The van der Waals surface area contributed by atoms with Gasteiger partial charge in [0.2, 0.25) is 0 Å². The molecule has 0 N–H and O–H groups in total. The van der Waals surface area contributed by atoms with Crippen molar-refractivity contribution in [1.82, 2.24) is 0 Å². The number of benzene rings is 1. The van der Waals surface area contributed by atoms with Crippen LogP contribution >= 0.6 is 0 Å². The standard InChI is InChI=1S/C15H20O2/c1-3-12-17-13-6-4-5-7-14-8-10-15(16-2)11-9-14/h3,5,7-11H,1,4,6,12-13H2,2H3/b7-5+. The lowest BCUT2D eigenvalue weighted by molar-refractivity contribution is 0.160. The molecule has 0 aliphatic heterocycles. The number of hydrogen-bond donors (Lipinski definition) is 0. The third-order valence-corrected chi connectivity index (χ3v) is 2.32. The second-order valence-corrected chi connectivity index (χ2v) is 3.68. The van der Waals surface area contributed by atoms with E-state index < -0.39 is 0 Å². The maximum absolute atomic E-state index is 5.30. The summed E-state index contributed by atoms with van der Waals surface area (Å²) in [6.07, 6.45) is 8.13. The van der Waals surface area contributed by atoms with Gasteiger partial charge in [-0.2, -0.15) is 0 Å². The molecule has 0 bridgehead atoms. The molecule has 1 rings (SSSR count). The summed E-state index contributed by atoms with van der Waals surface area (Å²) in [5.41, 5.74) is 1.19. The Morgan fingerprint density at radius 1 is 1.24 bits per heavy atom. The lowest BCUT2D eigenvalue weighted by Crippen LogP contribution is -1.92. The zero-order chi connectivity index (χ0) is 12.3. The van der Waals surface area contributed by atoms with Crippen LogP contribution in [0.2, 0.25) is 0 Å². The highest BCUT2D eigenvalue weighted by Crippen LogP contribution is 2.12. The molecule has 0 unspecified atom stereocenters. The fraction of sp³-hybridized carbons (Fsp3) is 0.333. The van der Waals surface area contributed by atoms with Crippen LogP contribution in [0, 0.1) is 0 Å². The molecule has 0 aliphatic rings. The number of unbranched alkanes of at least 4 members (excludes halogenated alkanes) is 1. The fourth-order valence-corrected chi connectivity index (χ4v) is 1.40. The highest BCUT2D eigenvalue weighted by atomic mass is 16.5. The maximum atomic E-state index is 5.30. The van der Waals surface area contributed by atoms with E-state index in [2.05, 4.69) is 18.7 Å². The van der Waals surface area contributed by atoms with E-state index in [1.54, 1.807) is 13.2 Å². The van der Waals surface area contributed by atoms with Gasteiger partial charge in [-0.15, -0.1) is 6.58 Å². The molecule has 17 heavy (non-hydrogen) atoms. The molecule has 0 saturated carbocycles. The lowest BCUT2D eigenvalue weighted by Gasteiger charge is -1.99. The number of ether oxygens (including phenoxy) is 2. The van der Waals surface area contributed by atoms with Gasteiger partial charge in [0.25, 0.3) is 0 Å². The summed E-state index contributed by atoms with van der Waals surface area (Å²) in [4.78, 5) is 0. The molecule has 92 valence electrons. The third kappa shape index (κ3) is 5.93. The van der Waals surface area contributed by atoms with Crippen LogP contribution in [0.4, 0.5) is 0 Å². The van der Waals surface area contributed by atoms with Crippen LogP contribution < -0.4 is 4.74 Å². The van der Waals surface area contributed by atoms with Gasteiger partial charge in [0.15, 0.2) is 0 Å². The van der Waals surface area contributed by atoms with Crippen LogP contribution in [0.1, 0.15) is 18.4 Å². The SMILES string of the molecule is C=CCOCCC/C=C/c1ccc(OC)cc1. The summed E-state index contributed by atoms with van der Waals surface area (Å²) in [7, 11) is 1.67. The second-order valence-electron chi connectivity index (χ2n) is 3.68. The van der Waals surface area contributed by atoms with Crippen molar-refractivity contribution in [2.24, 2.45) is 0 Å². The minimum absolute atomic E-state index is 0.641. The van der Waals surface area contributed by atoms with E-state index in [9.17, 15) is 0 Å². The Kier molecular flexibility index (Phi) is 6.84. The molecular formula is C15H20O2. The first-order chi connectivity index (χ1) is 8.36. The number of rotatable bonds is 8. The molecule has 0 spiro atoms. The first kappa shape index (κ1) is 13.5. The van der Waals surface area contributed by atoms with Crippen molar-refractivity contribution in [2.75, 3.05) is 20.3 Å². The normalized spacial score (nSPS) is 10.6. The molecule has 1 aromatic carbocycles. The predicted molar refractivity (Wildman–Crippen MR) is 72.3 cm³/mol. The van der Waals surface area contributed by atoms with Gasteiger partial charge >= 0.3 is 0 Å². The number of allylic oxidation sites excluding steroid dienone is 1. The monoisotopic (exact) mass is 232 g/mol. The van der Waals surface area contributed by atoms with Gasteiger partial charge in [0.05, 0.1) is 13.7 Å². The Hall–Kier alpha value is -1.54. The van der Waals surface area contributed by atoms with Crippen LogP contribution in [-0.2, 0) is 4.74 Å². The molecule has 0 aliphatic carbocycles. The van der Waals surface area contributed by atoms with Crippen LogP contribution in [0.5, 0.6) is 5.75 Å². The topological polar surface area (TPSA) is 18.5 Å². The third-order valence-electron chi connectivity index (χ3n) is 2.32. The van der Waals surface area contributed by atoms with E-state index in [0.29, 0.717) is 6.61 Å². The maximum Gasteiger partial charge on any atom is 0.118 e. The summed E-state index contributed by atoms with van der Waals surface area (Å²) >= 11 is 0. The zero-order valence-corrected chi connectivity index (χ0v) is 10.4. The minimum atomic E-state index is 0.641. The molecular weight excluding hydrogens is 212 g/mol. The van der Waals surface area contributed by atoms with Gasteiger partial charge in [0, 0.05) is 6.61 Å². The Labute approximate surface area is 104 Å². The molecule has 0 atom stereocenters. The average Bonchev–Trinajstić information content (AvgIpc) is 2.38. The van der Waals surface area contributed by atoms with Crippen LogP contribution in [0.15, 0.2) is 43.0 Å². The van der Waals surface area contributed by atoms with Gasteiger partial charge in [-0.3, -0.25) is 0 Å². The molecule has 2 heteroatoms. The van der Waals surface area contributed by atoms with E-state index in [1.807, 2.05) is 24.3 Å². The van der Waals surface area contributed by atoms with Crippen LogP contribution in [0.25, 0.3) is 6.08 Å². The summed E-state index contributed by atoms with van der Waals surface area (Å²) in [5.74, 6) is 0.889. The van der Waals surface area contributed by atoms with E-state index >= 15 is 0 Å². The Balaban J connectivity index is 2.21. The molecule has 0 heterocycles. The molecule has 0 saturated heterocycles. The molecule has 0 fully saturated rings. The fourth-order valence-electron chi connectivity index (χ4n) is 1.40. The Bertz CT molecular complexity index is 338. The Morgan fingerprint density at radius 3 is 2.65 bits per heavy atom. The van der Waals surface area contributed by atoms with Crippen LogP contribution in [0.3, 0.4) is 0 Å². The highest BCUT2D eigenvalue weighted by Gasteiger charge is 1.90. The zero-order valence-electron chi connectivity index (χ0n) is 10.4. The van der Waals surface area contributed by atoms with Crippen LogP contribution in [-0.4, -0.2) is 20.3 Å². The number of hydrogen-bond acceptors (Lipinski definition) is 2. The highest BCUT2D eigenvalue weighted by molar-refractivity contribution is 5.50. The van der Waals surface area contributed by atoms with Crippen molar-refractivity contribution in [3.8, 4) is 5.75 Å². The molecule has 1 aromatic rings. The van der Waals surface area contributed by atoms with E-state index in [1.165, 1.54) is 5.56 Å². The summed E-state index contributed by atoms with van der Waals surface area (Å²) in [6, 6.07) is 8.02. The van der Waals surface area contributed by atoms with Crippen molar-refractivity contribution in [3.63, 3.8) is 0 Å². The second kappa shape index (κ2) is 8.59.